The molecule has 0 aliphatic heterocycles. The SMILES string of the molecule is Cc1n[nH]c(=O)nc1NN=Cc1ccccc1C(F)(F)F. The zero-order chi connectivity index (χ0) is 15.5. The molecule has 2 aromatic rings. The van der Waals surface area contributed by atoms with Gasteiger partial charge in [-0.25, -0.2) is 9.89 Å². The van der Waals surface area contributed by atoms with Gasteiger partial charge in [0.25, 0.3) is 0 Å². The van der Waals surface area contributed by atoms with E-state index in [1.54, 1.807) is 6.92 Å². The molecule has 0 fully saturated rings. The van der Waals surface area contributed by atoms with Crippen LogP contribution in [0.4, 0.5) is 19.0 Å². The lowest BCUT2D eigenvalue weighted by molar-refractivity contribution is -0.137. The van der Waals surface area contributed by atoms with E-state index in [1.165, 1.54) is 18.2 Å². The Morgan fingerprint density at radius 2 is 2.05 bits per heavy atom. The summed E-state index contributed by atoms with van der Waals surface area (Å²) in [5.74, 6) is 0.0690. The molecule has 0 aliphatic carbocycles. The first kappa shape index (κ1) is 14.7. The van der Waals surface area contributed by atoms with E-state index < -0.39 is 17.4 Å². The van der Waals surface area contributed by atoms with Crippen LogP contribution in [0.3, 0.4) is 0 Å². The molecule has 9 heteroatoms. The molecular formula is C12H10F3N5O. The van der Waals surface area contributed by atoms with Gasteiger partial charge in [-0.2, -0.15) is 28.4 Å². The van der Waals surface area contributed by atoms with E-state index in [0.717, 1.165) is 12.3 Å². The molecule has 0 unspecified atom stereocenters. The van der Waals surface area contributed by atoms with Crippen molar-refractivity contribution >= 4 is 12.0 Å². The van der Waals surface area contributed by atoms with Gasteiger partial charge in [0, 0.05) is 5.56 Å². The Morgan fingerprint density at radius 1 is 1.33 bits per heavy atom. The number of rotatable bonds is 3. The average molecular weight is 297 g/mol. The molecule has 1 heterocycles. The summed E-state index contributed by atoms with van der Waals surface area (Å²) in [6.07, 6.45) is -3.46. The summed E-state index contributed by atoms with van der Waals surface area (Å²) in [6, 6.07) is 5.00. The highest BCUT2D eigenvalue weighted by Crippen LogP contribution is 2.31. The first-order valence-corrected chi connectivity index (χ1v) is 5.76. The molecule has 0 saturated heterocycles. The molecule has 110 valence electrons. The van der Waals surface area contributed by atoms with Gasteiger partial charge in [-0.05, 0) is 13.0 Å². The lowest BCUT2D eigenvalue weighted by Crippen LogP contribution is -2.15. The number of anilines is 1. The summed E-state index contributed by atoms with van der Waals surface area (Å²) in [5.41, 5.74) is 1.16. The van der Waals surface area contributed by atoms with Crippen LogP contribution in [0, 0.1) is 6.92 Å². The van der Waals surface area contributed by atoms with Crippen LogP contribution < -0.4 is 11.1 Å². The van der Waals surface area contributed by atoms with E-state index in [-0.39, 0.29) is 11.4 Å². The Kier molecular flexibility index (Phi) is 4.01. The number of H-pyrrole nitrogens is 1. The minimum atomic E-state index is -4.47. The van der Waals surface area contributed by atoms with Crippen LogP contribution in [0.15, 0.2) is 34.2 Å². The van der Waals surface area contributed by atoms with Crippen molar-refractivity contribution in [2.24, 2.45) is 5.10 Å². The molecule has 0 spiro atoms. The minimum Gasteiger partial charge on any atom is -0.260 e. The monoisotopic (exact) mass is 297 g/mol. The molecule has 0 amide bonds. The number of alkyl halides is 3. The quantitative estimate of drug-likeness (QED) is 0.670. The maximum Gasteiger partial charge on any atom is 0.417 e. The lowest BCUT2D eigenvalue weighted by Gasteiger charge is -2.09. The Bertz CT molecular complexity index is 723. The summed E-state index contributed by atoms with van der Waals surface area (Å²) >= 11 is 0. The van der Waals surface area contributed by atoms with Crippen LogP contribution in [0.1, 0.15) is 16.8 Å². The predicted octanol–water partition coefficient (Wildman–Crippen LogP) is 1.94. The summed E-state index contributed by atoms with van der Waals surface area (Å²) in [6.45, 7) is 1.56. The molecule has 0 atom stereocenters. The summed E-state index contributed by atoms with van der Waals surface area (Å²) in [4.78, 5) is 14.5. The van der Waals surface area contributed by atoms with E-state index in [1.807, 2.05) is 0 Å². The van der Waals surface area contributed by atoms with Crippen molar-refractivity contribution in [2.75, 3.05) is 5.43 Å². The second-order valence-corrected chi connectivity index (χ2v) is 4.03. The van der Waals surface area contributed by atoms with Gasteiger partial charge in [-0.3, -0.25) is 5.43 Å². The van der Waals surface area contributed by atoms with Crippen LogP contribution >= 0.6 is 0 Å². The van der Waals surface area contributed by atoms with Crippen molar-refractivity contribution in [1.82, 2.24) is 15.2 Å². The van der Waals surface area contributed by atoms with Gasteiger partial charge in [0.2, 0.25) is 0 Å². The summed E-state index contributed by atoms with van der Waals surface area (Å²) in [7, 11) is 0. The molecule has 0 saturated carbocycles. The Hall–Kier alpha value is -2.71. The van der Waals surface area contributed by atoms with Gasteiger partial charge in [-0.1, -0.05) is 18.2 Å². The molecular weight excluding hydrogens is 287 g/mol. The fourth-order valence-corrected chi connectivity index (χ4v) is 1.53. The van der Waals surface area contributed by atoms with Gasteiger partial charge in [0.15, 0.2) is 5.82 Å². The van der Waals surface area contributed by atoms with Crippen molar-refractivity contribution in [1.29, 1.82) is 0 Å². The zero-order valence-electron chi connectivity index (χ0n) is 10.8. The van der Waals surface area contributed by atoms with Crippen molar-refractivity contribution in [3.8, 4) is 0 Å². The number of aromatic nitrogens is 3. The van der Waals surface area contributed by atoms with E-state index >= 15 is 0 Å². The van der Waals surface area contributed by atoms with E-state index in [0.29, 0.717) is 5.69 Å². The molecule has 21 heavy (non-hydrogen) atoms. The summed E-state index contributed by atoms with van der Waals surface area (Å²) in [5, 5.41) is 9.42. The largest absolute Gasteiger partial charge is 0.417 e. The molecule has 1 aromatic carbocycles. The fraction of sp³-hybridized carbons (Fsp3) is 0.167. The normalized spacial score (nSPS) is 11.8. The highest BCUT2D eigenvalue weighted by Gasteiger charge is 2.32. The van der Waals surface area contributed by atoms with Crippen molar-refractivity contribution in [2.45, 2.75) is 13.1 Å². The third-order valence-corrected chi connectivity index (χ3v) is 2.52. The standard InChI is InChI=1S/C12H10F3N5O/c1-7-10(17-11(21)20-18-7)19-16-6-8-4-2-3-5-9(8)12(13,14)15/h2-6H,1H3,(H2,17,19,20,21). The van der Waals surface area contributed by atoms with E-state index in [4.69, 9.17) is 0 Å². The number of halogens is 3. The van der Waals surface area contributed by atoms with Crippen LogP contribution in [0.2, 0.25) is 0 Å². The molecule has 2 rings (SSSR count). The second-order valence-electron chi connectivity index (χ2n) is 4.03. The molecule has 0 aliphatic rings. The third-order valence-electron chi connectivity index (χ3n) is 2.52. The number of hydrogen-bond donors (Lipinski definition) is 2. The molecule has 2 N–H and O–H groups in total. The van der Waals surface area contributed by atoms with Gasteiger partial charge in [0.05, 0.1) is 11.8 Å². The first-order chi connectivity index (χ1) is 9.88. The Balaban J connectivity index is 2.23. The molecule has 0 bridgehead atoms. The first-order valence-electron chi connectivity index (χ1n) is 5.76. The van der Waals surface area contributed by atoms with Gasteiger partial charge in [-0.15, -0.1) is 0 Å². The minimum absolute atomic E-state index is 0.0690. The zero-order valence-corrected chi connectivity index (χ0v) is 10.8. The van der Waals surface area contributed by atoms with Gasteiger partial charge >= 0.3 is 11.9 Å². The van der Waals surface area contributed by atoms with E-state index in [9.17, 15) is 18.0 Å². The topological polar surface area (TPSA) is 83.0 Å². The molecule has 0 radical (unpaired) electrons. The van der Waals surface area contributed by atoms with Crippen molar-refractivity contribution in [3.63, 3.8) is 0 Å². The highest BCUT2D eigenvalue weighted by atomic mass is 19.4. The van der Waals surface area contributed by atoms with Crippen LogP contribution in [0.5, 0.6) is 0 Å². The second kappa shape index (κ2) is 5.73. The number of aryl methyl sites for hydroxylation is 1. The van der Waals surface area contributed by atoms with Gasteiger partial charge in [0.1, 0.15) is 5.69 Å². The number of hydrazone groups is 1. The number of nitrogens with zero attached hydrogens (tertiary/aromatic N) is 3. The van der Waals surface area contributed by atoms with Gasteiger partial charge < -0.3 is 0 Å². The number of benzene rings is 1. The predicted molar refractivity (Wildman–Crippen MR) is 70.1 cm³/mol. The summed E-state index contributed by atoms with van der Waals surface area (Å²) < 4.78 is 38.3. The number of hydrogen-bond acceptors (Lipinski definition) is 5. The van der Waals surface area contributed by atoms with Crippen LogP contribution in [0.25, 0.3) is 0 Å². The molecule has 1 aromatic heterocycles. The highest BCUT2D eigenvalue weighted by molar-refractivity contribution is 5.82. The maximum atomic E-state index is 12.8. The van der Waals surface area contributed by atoms with Crippen molar-refractivity contribution < 1.29 is 13.2 Å². The van der Waals surface area contributed by atoms with Crippen LogP contribution in [-0.4, -0.2) is 21.4 Å². The number of nitrogens with one attached hydrogen (secondary N) is 2. The Labute approximate surface area is 116 Å². The smallest absolute Gasteiger partial charge is 0.260 e. The maximum absolute atomic E-state index is 12.8. The van der Waals surface area contributed by atoms with E-state index in [2.05, 4.69) is 25.7 Å². The molecule has 6 nitrogen and oxygen atoms in total. The van der Waals surface area contributed by atoms with Crippen LogP contribution in [-0.2, 0) is 6.18 Å². The Morgan fingerprint density at radius 3 is 2.76 bits per heavy atom. The fourth-order valence-electron chi connectivity index (χ4n) is 1.53. The third kappa shape index (κ3) is 3.65. The average Bonchev–Trinajstić information content (AvgIpc) is 2.42. The lowest BCUT2D eigenvalue weighted by atomic mass is 10.1. The number of aromatic amines is 1. The van der Waals surface area contributed by atoms with Crippen molar-refractivity contribution in [3.05, 3.63) is 51.6 Å².